The molecule has 0 atom stereocenters. The standard InChI is InChI=1S/C37H41N.C2H6/c1-5-9-11-13-18-30-19-14-15-20-34(30)36(21-12-10-6-2)37-27-26-35(32(7-3)33(37)8-4)31-24-22-29(23-25-31)17-16-28-38;1-2/h6-9,11,14-16,19-28H,2-5,10,12-13,17-18,38H2,1H3;1-2H3/b11-9-,28-16-,36-21+;. The van der Waals surface area contributed by atoms with Crippen LogP contribution < -0.4 is 5.73 Å². The predicted octanol–water partition coefficient (Wildman–Crippen LogP) is 11.0. The molecule has 40 heavy (non-hydrogen) atoms. The van der Waals surface area contributed by atoms with Crippen LogP contribution in [-0.4, -0.2) is 0 Å². The summed E-state index contributed by atoms with van der Waals surface area (Å²) in [5, 5.41) is 0. The molecule has 0 aromatic heterocycles. The maximum Gasteiger partial charge on any atom is -0.00803 e. The lowest BCUT2D eigenvalue weighted by Gasteiger charge is -2.20. The van der Waals surface area contributed by atoms with Crippen LogP contribution in [0.4, 0.5) is 0 Å². The van der Waals surface area contributed by atoms with E-state index in [-0.39, 0.29) is 0 Å². The van der Waals surface area contributed by atoms with Crippen molar-refractivity contribution in [2.24, 2.45) is 5.73 Å². The first-order valence-electron chi connectivity index (χ1n) is 14.6. The summed E-state index contributed by atoms with van der Waals surface area (Å²) in [5.74, 6) is 0. The minimum Gasteiger partial charge on any atom is -0.405 e. The molecule has 3 aromatic carbocycles. The van der Waals surface area contributed by atoms with Gasteiger partial charge in [-0.1, -0.05) is 137 Å². The van der Waals surface area contributed by atoms with Crippen LogP contribution in [0, 0.1) is 0 Å². The maximum absolute atomic E-state index is 5.52. The number of allylic oxidation sites excluding steroid dienone is 5. The molecule has 0 saturated heterocycles. The summed E-state index contributed by atoms with van der Waals surface area (Å²) in [6.45, 7) is 18.5. The molecule has 0 unspecified atom stereocenters. The van der Waals surface area contributed by atoms with Crippen LogP contribution >= 0.6 is 0 Å². The highest BCUT2D eigenvalue weighted by Gasteiger charge is 2.16. The van der Waals surface area contributed by atoms with Crippen molar-refractivity contribution in [2.75, 3.05) is 0 Å². The fraction of sp³-hybridized carbons (Fsp3) is 0.231. The van der Waals surface area contributed by atoms with Crippen molar-refractivity contribution in [3.63, 3.8) is 0 Å². The zero-order valence-corrected chi connectivity index (χ0v) is 24.8. The van der Waals surface area contributed by atoms with E-state index >= 15 is 0 Å². The first kappa shape index (κ1) is 32.1. The molecule has 0 spiro atoms. The quantitative estimate of drug-likeness (QED) is 0.163. The Balaban J connectivity index is 0.00000274. The van der Waals surface area contributed by atoms with Gasteiger partial charge >= 0.3 is 0 Å². The van der Waals surface area contributed by atoms with Crippen molar-refractivity contribution in [1.82, 2.24) is 0 Å². The van der Waals surface area contributed by atoms with Crippen molar-refractivity contribution >= 4 is 17.7 Å². The van der Waals surface area contributed by atoms with Crippen LogP contribution in [0.3, 0.4) is 0 Å². The number of rotatable bonds is 14. The zero-order chi connectivity index (χ0) is 29.2. The largest absolute Gasteiger partial charge is 0.405 e. The highest BCUT2D eigenvalue weighted by Crippen LogP contribution is 2.37. The van der Waals surface area contributed by atoms with Crippen molar-refractivity contribution in [2.45, 2.75) is 59.3 Å². The van der Waals surface area contributed by atoms with Gasteiger partial charge in [-0.3, -0.25) is 0 Å². The summed E-state index contributed by atoms with van der Waals surface area (Å²) < 4.78 is 0. The van der Waals surface area contributed by atoms with E-state index in [4.69, 9.17) is 5.73 Å². The van der Waals surface area contributed by atoms with E-state index < -0.39 is 0 Å². The molecule has 0 fully saturated rings. The highest BCUT2D eigenvalue weighted by atomic mass is 14.5. The van der Waals surface area contributed by atoms with Crippen molar-refractivity contribution in [1.29, 1.82) is 0 Å². The van der Waals surface area contributed by atoms with Crippen molar-refractivity contribution in [3.05, 3.63) is 150 Å². The van der Waals surface area contributed by atoms with Crippen LogP contribution in [-0.2, 0) is 12.8 Å². The normalized spacial score (nSPS) is 11.3. The topological polar surface area (TPSA) is 26.0 Å². The van der Waals surface area contributed by atoms with E-state index in [1.807, 2.05) is 38.2 Å². The Morgan fingerprint density at radius 2 is 1.48 bits per heavy atom. The number of benzene rings is 3. The van der Waals surface area contributed by atoms with Gasteiger partial charge in [0.25, 0.3) is 0 Å². The minimum atomic E-state index is 0.828. The Hall–Kier alpha value is -4.10. The van der Waals surface area contributed by atoms with Crippen LogP contribution in [0.2, 0.25) is 0 Å². The summed E-state index contributed by atoms with van der Waals surface area (Å²) in [4.78, 5) is 0. The number of hydrogen-bond donors (Lipinski definition) is 1. The van der Waals surface area contributed by atoms with E-state index in [0.717, 1.165) is 60.8 Å². The molecule has 0 radical (unpaired) electrons. The SMILES string of the molecule is C=CCC/C=C(\c1ccccc1CC/C=C\CC)c1ccc(-c2ccc(C/C=C\N)cc2)c(C=C)c1C=C.CC. The van der Waals surface area contributed by atoms with Crippen LogP contribution in [0.1, 0.15) is 79.8 Å². The third-order valence-corrected chi connectivity index (χ3v) is 6.75. The molecule has 0 heterocycles. The highest BCUT2D eigenvalue weighted by molar-refractivity contribution is 5.91. The predicted molar refractivity (Wildman–Crippen MR) is 181 cm³/mol. The average molecular weight is 530 g/mol. The Labute approximate surface area is 243 Å². The summed E-state index contributed by atoms with van der Waals surface area (Å²) in [5.41, 5.74) is 16.4. The van der Waals surface area contributed by atoms with E-state index in [9.17, 15) is 0 Å². The van der Waals surface area contributed by atoms with Gasteiger partial charge in [-0.2, -0.15) is 0 Å². The number of hydrogen-bond acceptors (Lipinski definition) is 1. The van der Waals surface area contributed by atoms with Crippen LogP contribution in [0.25, 0.3) is 28.9 Å². The van der Waals surface area contributed by atoms with Crippen molar-refractivity contribution < 1.29 is 0 Å². The molecular formula is C39H47N. The van der Waals surface area contributed by atoms with Gasteiger partial charge in [-0.15, -0.1) is 6.58 Å². The first-order chi connectivity index (χ1) is 19.7. The number of nitrogens with two attached hydrogens (primary N) is 1. The Morgan fingerprint density at radius 3 is 2.12 bits per heavy atom. The van der Waals surface area contributed by atoms with Gasteiger partial charge < -0.3 is 5.73 Å². The van der Waals surface area contributed by atoms with Gasteiger partial charge in [0.1, 0.15) is 0 Å². The van der Waals surface area contributed by atoms with Gasteiger partial charge in [-0.25, -0.2) is 0 Å². The second-order valence-corrected chi connectivity index (χ2v) is 9.28. The molecular weight excluding hydrogens is 482 g/mol. The van der Waals surface area contributed by atoms with E-state index in [1.54, 1.807) is 6.20 Å². The molecule has 1 nitrogen and oxygen atoms in total. The molecule has 3 aromatic rings. The number of unbranched alkanes of at least 4 members (excludes halogenated alkanes) is 1. The van der Waals surface area contributed by atoms with Crippen molar-refractivity contribution in [3.8, 4) is 11.1 Å². The molecule has 0 amide bonds. The molecule has 0 saturated carbocycles. The lowest BCUT2D eigenvalue weighted by Crippen LogP contribution is -2.00. The summed E-state index contributed by atoms with van der Waals surface area (Å²) in [6, 6.07) is 21.9. The first-order valence-corrected chi connectivity index (χ1v) is 14.6. The third kappa shape index (κ3) is 8.71. The lowest BCUT2D eigenvalue weighted by atomic mass is 9.84. The van der Waals surface area contributed by atoms with E-state index in [0.29, 0.717) is 0 Å². The molecule has 0 bridgehead atoms. The molecule has 2 N–H and O–H groups in total. The Kier molecular flexibility index (Phi) is 14.6. The average Bonchev–Trinajstić information content (AvgIpc) is 3.01. The van der Waals surface area contributed by atoms with Gasteiger partial charge in [0.05, 0.1) is 0 Å². The Bertz CT molecular complexity index is 1320. The summed E-state index contributed by atoms with van der Waals surface area (Å²) >= 11 is 0. The van der Waals surface area contributed by atoms with Crippen LogP contribution in [0.15, 0.2) is 117 Å². The molecule has 1 heteroatoms. The van der Waals surface area contributed by atoms with Gasteiger partial charge in [-0.05, 0) is 94.8 Å². The fourth-order valence-electron chi connectivity index (χ4n) is 4.82. The fourth-order valence-corrected chi connectivity index (χ4v) is 4.82. The summed E-state index contributed by atoms with van der Waals surface area (Å²) in [7, 11) is 0. The van der Waals surface area contributed by atoms with E-state index in [2.05, 4.69) is 106 Å². The Morgan fingerprint density at radius 1 is 0.750 bits per heavy atom. The molecule has 0 aliphatic rings. The monoisotopic (exact) mass is 529 g/mol. The van der Waals surface area contributed by atoms with Gasteiger partial charge in [0, 0.05) is 0 Å². The number of aryl methyl sites for hydroxylation is 1. The van der Waals surface area contributed by atoms with Crippen LogP contribution in [0.5, 0.6) is 0 Å². The molecule has 208 valence electrons. The second-order valence-electron chi connectivity index (χ2n) is 9.28. The molecule has 0 aliphatic heterocycles. The third-order valence-electron chi connectivity index (χ3n) is 6.75. The molecule has 0 aliphatic carbocycles. The molecule has 3 rings (SSSR count). The smallest absolute Gasteiger partial charge is 0.00803 e. The van der Waals surface area contributed by atoms with E-state index in [1.165, 1.54) is 27.8 Å². The zero-order valence-electron chi connectivity index (χ0n) is 24.8. The van der Waals surface area contributed by atoms with Gasteiger partial charge in [0.15, 0.2) is 0 Å². The minimum absolute atomic E-state index is 0.828. The summed E-state index contributed by atoms with van der Waals surface area (Å²) in [6.07, 6.45) is 22.2. The lowest BCUT2D eigenvalue weighted by molar-refractivity contribution is 0.986. The second kappa shape index (κ2) is 18.2. The maximum atomic E-state index is 5.52. The van der Waals surface area contributed by atoms with Gasteiger partial charge in [0.2, 0.25) is 0 Å².